The van der Waals surface area contributed by atoms with Crippen molar-refractivity contribution in [1.82, 2.24) is 0 Å². The monoisotopic (exact) mass is 317 g/mol. The molecule has 0 amide bonds. The summed E-state index contributed by atoms with van der Waals surface area (Å²) in [5, 5.41) is 0. The second-order valence-corrected chi connectivity index (χ2v) is 2.82. The fourth-order valence-corrected chi connectivity index (χ4v) is 2.22. The Kier molecular flexibility index (Phi) is 0.796. The molecule has 4 aliphatic rings. The zero-order chi connectivity index (χ0) is 3.72. The minimum atomic E-state index is 0. The van der Waals surface area contributed by atoms with Gasteiger partial charge in [0.15, 0.2) is 0 Å². The third kappa shape index (κ3) is 0.370. The Morgan fingerprint density at radius 2 is 1.57 bits per heavy atom. The second kappa shape index (κ2) is 1.14. The number of rotatable bonds is 0. The molecule has 4 fully saturated rings. The van der Waals surface area contributed by atoms with Gasteiger partial charge in [-0.25, -0.2) is 5.92 Å². The van der Waals surface area contributed by atoms with Crippen LogP contribution < -0.4 is 0 Å². The number of fused-ring (bicyclic) bond motifs is 1. The van der Waals surface area contributed by atoms with Crippen molar-refractivity contribution in [2.45, 2.75) is 12.8 Å². The van der Waals surface area contributed by atoms with Gasteiger partial charge in [0, 0.05) is 31.1 Å². The first-order valence-electron chi connectivity index (χ1n) is 2.85. The molecular weight excluding hydrogens is 310 g/mol. The van der Waals surface area contributed by atoms with Crippen LogP contribution in [-0.4, -0.2) is 0 Å². The van der Waals surface area contributed by atoms with Crippen LogP contribution in [0.15, 0.2) is 0 Å². The molecule has 0 aliphatic heterocycles. The van der Waals surface area contributed by atoms with E-state index in [-0.39, 0.29) is 31.1 Å². The molecule has 0 radical (unpaired) electrons. The normalized spacial score (nSPS) is 60.9. The van der Waals surface area contributed by atoms with Gasteiger partial charge in [0.2, 0.25) is 0 Å². The summed E-state index contributed by atoms with van der Waals surface area (Å²) in [5.41, 5.74) is 0. The molecule has 36 valence electrons. The van der Waals surface area contributed by atoms with Crippen LogP contribution in [0.2, 0.25) is 0 Å². The zero-order valence-electron chi connectivity index (χ0n) is 4.15. The van der Waals surface area contributed by atoms with E-state index in [9.17, 15) is 0 Å². The molecule has 0 spiro atoms. The van der Waals surface area contributed by atoms with Crippen LogP contribution in [0.5, 0.6) is 0 Å². The zero-order valence-corrected chi connectivity index (χ0v) is 8.31. The molecule has 0 N–H and O–H groups in total. The summed E-state index contributed by atoms with van der Waals surface area (Å²) in [4.78, 5) is 0. The van der Waals surface area contributed by atoms with E-state index in [1.54, 1.807) is 12.8 Å². The largest absolute Gasteiger partial charge is 0.313 e. The number of hydrogen-bond donors (Lipinski definition) is 0. The van der Waals surface area contributed by atoms with E-state index in [0.29, 0.717) is 0 Å². The van der Waals surface area contributed by atoms with Crippen LogP contribution in [0.25, 0.3) is 0 Å². The molecule has 4 aliphatic carbocycles. The summed E-state index contributed by atoms with van der Waals surface area (Å²) in [6, 6.07) is 0. The van der Waals surface area contributed by atoms with Crippen molar-refractivity contribution in [2.75, 3.05) is 0 Å². The molecule has 0 nitrogen and oxygen atoms in total. The first-order chi connectivity index (χ1) is 2.98. The van der Waals surface area contributed by atoms with Gasteiger partial charge in [0.05, 0.1) is 0 Å². The van der Waals surface area contributed by atoms with Crippen molar-refractivity contribution in [3.05, 3.63) is 5.92 Å². The average molecular weight is 317 g/mol. The van der Waals surface area contributed by atoms with Crippen LogP contribution in [0.4, 0.5) is 0 Å². The molecule has 2 atom stereocenters. The van der Waals surface area contributed by atoms with Crippen molar-refractivity contribution in [2.24, 2.45) is 17.8 Å². The van der Waals surface area contributed by atoms with Crippen LogP contribution in [0.1, 0.15) is 12.8 Å². The summed E-state index contributed by atoms with van der Waals surface area (Å²) in [7, 11) is 0. The van der Waals surface area contributed by atoms with Crippen molar-refractivity contribution in [1.29, 1.82) is 0 Å². The molecule has 7 heavy (non-hydrogen) atoms. The summed E-state index contributed by atoms with van der Waals surface area (Å²) in [5.74, 6) is 5.55. The molecular formula is C6H7U-. The predicted octanol–water partition coefficient (Wildman–Crippen LogP) is 1.23. The van der Waals surface area contributed by atoms with Gasteiger partial charge in [0.25, 0.3) is 0 Å². The van der Waals surface area contributed by atoms with Gasteiger partial charge < -0.3 is 5.92 Å². The molecule has 2 unspecified atom stereocenters. The summed E-state index contributed by atoms with van der Waals surface area (Å²) in [6.45, 7) is 0. The maximum atomic E-state index is 1.95. The van der Waals surface area contributed by atoms with E-state index in [1.165, 1.54) is 17.8 Å². The second-order valence-electron chi connectivity index (χ2n) is 2.82. The summed E-state index contributed by atoms with van der Waals surface area (Å²) < 4.78 is 0. The first-order valence-corrected chi connectivity index (χ1v) is 2.85. The van der Waals surface area contributed by atoms with E-state index < -0.39 is 0 Å². The smallest absolute Gasteiger partial charge is 0 e. The van der Waals surface area contributed by atoms with Gasteiger partial charge in [0.1, 0.15) is 0 Å². The minimum Gasteiger partial charge on any atom is -0.313 e. The SMILES string of the molecule is C1CC2[C-]3C1C32.[U]. The van der Waals surface area contributed by atoms with Gasteiger partial charge >= 0.3 is 0 Å². The van der Waals surface area contributed by atoms with E-state index in [1.807, 2.05) is 5.92 Å². The molecule has 0 aromatic rings. The fourth-order valence-electron chi connectivity index (χ4n) is 2.22. The fraction of sp³-hybridized carbons (Fsp3) is 0.833. The molecule has 0 heterocycles. The van der Waals surface area contributed by atoms with E-state index in [4.69, 9.17) is 0 Å². The average Bonchev–Trinajstić information content (AvgIpc) is 2.30. The van der Waals surface area contributed by atoms with E-state index >= 15 is 0 Å². The van der Waals surface area contributed by atoms with Crippen LogP contribution in [0.3, 0.4) is 0 Å². The maximum absolute atomic E-state index is 1.95. The van der Waals surface area contributed by atoms with Gasteiger partial charge in [-0.05, 0) is 0 Å². The van der Waals surface area contributed by atoms with Crippen LogP contribution in [0, 0.1) is 54.8 Å². The van der Waals surface area contributed by atoms with Crippen LogP contribution >= 0.6 is 0 Å². The quantitative estimate of drug-likeness (QED) is 0.590. The van der Waals surface area contributed by atoms with E-state index in [2.05, 4.69) is 0 Å². The standard InChI is InChI=1S/C6H7.U/c1-2-4-5-3(1)6(4)5;/h3-5H,1-2H2;/q-1;. The molecule has 4 rings (SSSR count). The summed E-state index contributed by atoms with van der Waals surface area (Å²) in [6.07, 6.45) is 3.12. The maximum Gasteiger partial charge on any atom is 0 e. The Labute approximate surface area is 67.4 Å². The predicted molar refractivity (Wildman–Crippen MR) is 22.9 cm³/mol. The Hall–Kier alpha value is 1.05. The number of hydrogen-bond acceptors (Lipinski definition) is 0. The third-order valence-electron chi connectivity index (χ3n) is 2.68. The van der Waals surface area contributed by atoms with Crippen molar-refractivity contribution < 1.29 is 31.1 Å². The van der Waals surface area contributed by atoms with Crippen molar-refractivity contribution >= 4 is 0 Å². The Bertz CT molecular complexity index is 76.7. The molecule has 4 saturated carbocycles. The molecule has 0 aromatic carbocycles. The topological polar surface area (TPSA) is 0 Å². The Balaban J connectivity index is 0.000000213. The molecule has 0 saturated heterocycles. The summed E-state index contributed by atoms with van der Waals surface area (Å²) >= 11 is 0. The first kappa shape index (κ1) is 4.89. The van der Waals surface area contributed by atoms with Gasteiger partial charge in [-0.15, -0.1) is 0 Å². The van der Waals surface area contributed by atoms with Crippen molar-refractivity contribution in [3.63, 3.8) is 0 Å². The van der Waals surface area contributed by atoms with Crippen LogP contribution in [-0.2, 0) is 0 Å². The van der Waals surface area contributed by atoms with Crippen molar-refractivity contribution in [3.8, 4) is 0 Å². The minimum absolute atomic E-state index is 0. The van der Waals surface area contributed by atoms with Gasteiger partial charge in [-0.3, -0.25) is 0 Å². The molecule has 2 bridgehead atoms. The Morgan fingerprint density at radius 1 is 1.14 bits per heavy atom. The Morgan fingerprint density at radius 3 is 1.71 bits per heavy atom. The van der Waals surface area contributed by atoms with Gasteiger partial charge in [-0.2, -0.15) is 11.8 Å². The molecule has 1 heteroatoms. The third-order valence-corrected chi connectivity index (χ3v) is 2.68. The molecule has 0 aromatic heterocycles. The van der Waals surface area contributed by atoms with Gasteiger partial charge in [-0.1, -0.05) is 12.8 Å². The van der Waals surface area contributed by atoms with E-state index in [0.717, 1.165) is 0 Å².